The smallest absolute Gasteiger partial charge is 0.120 e. The molecule has 0 spiro atoms. The molecule has 0 radical (unpaired) electrons. The standard InChI is InChI=1S/C15H22N2O/c1-4-8-17-11(3)14(10-16)13-9-12(18-5-2)6-7-15(13)17/h6-7,9H,4-5,8,10,16H2,1-3H3. The van der Waals surface area contributed by atoms with Crippen molar-refractivity contribution in [3.05, 3.63) is 29.5 Å². The first-order valence-electron chi connectivity index (χ1n) is 6.67. The van der Waals surface area contributed by atoms with Crippen LogP contribution in [-0.4, -0.2) is 11.2 Å². The van der Waals surface area contributed by atoms with Gasteiger partial charge in [-0.2, -0.15) is 0 Å². The summed E-state index contributed by atoms with van der Waals surface area (Å²) in [7, 11) is 0. The van der Waals surface area contributed by atoms with Crippen LogP contribution in [0.25, 0.3) is 10.9 Å². The van der Waals surface area contributed by atoms with Crippen LogP contribution in [0.1, 0.15) is 31.5 Å². The highest BCUT2D eigenvalue weighted by Gasteiger charge is 2.13. The summed E-state index contributed by atoms with van der Waals surface area (Å²) in [6, 6.07) is 6.29. The Kier molecular flexibility index (Phi) is 3.92. The van der Waals surface area contributed by atoms with E-state index in [1.807, 2.05) is 13.0 Å². The minimum atomic E-state index is 0.578. The van der Waals surface area contributed by atoms with Gasteiger partial charge in [0.2, 0.25) is 0 Å². The van der Waals surface area contributed by atoms with Gasteiger partial charge in [-0.3, -0.25) is 0 Å². The Morgan fingerprint density at radius 3 is 2.67 bits per heavy atom. The molecule has 0 fully saturated rings. The lowest BCUT2D eigenvalue weighted by atomic mass is 10.1. The zero-order valence-electron chi connectivity index (χ0n) is 11.5. The molecule has 1 aromatic carbocycles. The van der Waals surface area contributed by atoms with E-state index in [1.54, 1.807) is 0 Å². The number of aromatic nitrogens is 1. The van der Waals surface area contributed by atoms with Crippen LogP contribution in [-0.2, 0) is 13.1 Å². The third-order valence-corrected chi connectivity index (χ3v) is 3.39. The van der Waals surface area contributed by atoms with E-state index in [9.17, 15) is 0 Å². The lowest BCUT2D eigenvalue weighted by molar-refractivity contribution is 0.340. The molecule has 2 rings (SSSR count). The van der Waals surface area contributed by atoms with Gasteiger partial charge in [0, 0.05) is 29.7 Å². The molecule has 3 nitrogen and oxygen atoms in total. The molecule has 98 valence electrons. The fourth-order valence-corrected chi connectivity index (χ4v) is 2.56. The summed E-state index contributed by atoms with van der Waals surface area (Å²) < 4.78 is 7.93. The first-order chi connectivity index (χ1) is 8.72. The predicted molar refractivity (Wildman–Crippen MR) is 76.0 cm³/mol. The molecule has 0 aliphatic rings. The Morgan fingerprint density at radius 1 is 1.28 bits per heavy atom. The zero-order valence-corrected chi connectivity index (χ0v) is 11.5. The highest BCUT2D eigenvalue weighted by molar-refractivity contribution is 5.86. The third-order valence-electron chi connectivity index (χ3n) is 3.39. The number of rotatable bonds is 5. The fraction of sp³-hybridized carbons (Fsp3) is 0.467. The van der Waals surface area contributed by atoms with E-state index in [2.05, 4.69) is 30.5 Å². The van der Waals surface area contributed by atoms with Crippen molar-refractivity contribution in [2.24, 2.45) is 5.73 Å². The molecule has 0 bridgehead atoms. The van der Waals surface area contributed by atoms with Crippen molar-refractivity contribution in [1.29, 1.82) is 0 Å². The number of nitrogens with two attached hydrogens (primary N) is 1. The van der Waals surface area contributed by atoms with E-state index in [0.717, 1.165) is 18.7 Å². The number of hydrogen-bond donors (Lipinski definition) is 1. The molecule has 1 aromatic heterocycles. The molecule has 3 heteroatoms. The molecule has 0 amide bonds. The van der Waals surface area contributed by atoms with Crippen molar-refractivity contribution in [3.8, 4) is 5.75 Å². The van der Waals surface area contributed by atoms with Crippen LogP contribution >= 0.6 is 0 Å². The molecular formula is C15H22N2O. The van der Waals surface area contributed by atoms with Gasteiger partial charge in [0.15, 0.2) is 0 Å². The molecule has 2 N–H and O–H groups in total. The minimum Gasteiger partial charge on any atom is -0.494 e. The number of aryl methyl sites for hydroxylation is 1. The van der Waals surface area contributed by atoms with Crippen LogP contribution in [0.5, 0.6) is 5.75 Å². The fourth-order valence-electron chi connectivity index (χ4n) is 2.56. The average Bonchev–Trinajstić information content (AvgIpc) is 2.63. The zero-order chi connectivity index (χ0) is 13.1. The lowest BCUT2D eigenvalue weighted by Crippen LogP contribution is -2.02. The molecule has 0 saturated heterocycles. The molecule has 0 saturated carbocycles. The quantitative estimate of drug-likeness (QED) is 0.880. The number of benzene rings is 1. The predicted octanol–water partition coefficient (Wildman–Crippen LogP) is 3.22. The summed E-state index contributed by atoms with van der Waals surface area (Å²) in [5.74, 6) is 0.924. The van der Waals surface area contributed by atoms with Crippen LogP contribution in [0.2, 0.25) is 0 Å². The average molecular weight is 246 g/mol. The summed E-state index contributed by atoms with van der Waals surface area (Å²) in [4.78, 5) is 0. The van der Waals surface area contributed by atoms with Gasteiger partial charge in [-0.15, -0.1) is 0 Å². The molecular weight excluding hydrogens is 224 g/mol. The maximum Gasteiger partial charge on any atom is 0.120 e. The van der Waals surface area contributed by atoms with E-state index < -0.39 is 0 Å². The van der Waals surface area contributed by atoms with Crippen LogP contribution in [0, 0.1) is 6.92 Å². The Morgan fingerprint density at radius 2 is 2.06 bits per heavy atom. The number of nitrogens with zero attached hydrogens (tertiary/aromatic N) is 1. The van der Waals surface area contributed by atoms with E-state index >= 15 is 0 Å². The van der Waals surface area contributed by atoms with Crippen LogP contribution < -0.4 is 10.5 Å². The second-order valence-electron chi connectivity index (χ2n) is 4.53. The Balaban J connectivity index is 2.62. The molecule has 0 aliphatic carbocycles. The summed E-state index contributed by atoms with van der Waals surface area (Å²) in [5.41, 5.74) is 9.68. The number of ether oxygens (including phenoxy) is 1. The van der Waals surface area contributed by atoms with Crippen molar-refractivity contribution < 1.29 is 4.74 Å². The van der Waals surface area contributed by atoms with Crippen LogP contribution in [0.4, 0.5) is 0 Å². The van der Waals surface area contributed by atoms with Crippen molar-refractivity contribution in [3.63, 3.8) is 0 Å². The van der Waals surface area contributed by atoms with Gasteiger partial charge in [-0.25, -0.2) is 0 Å². The maximum atomic E-state index is 5.90. The summed E-state index contributed by atoms with van der Waals surface area (Å²) in [6.45, 7) is 8.66. The topological polar surface area (TPSA) is 40.2 Å². The highest BCUT2D eigenvalue weighted by Crippen LogP contribution is 2.29. The van der Waals surface area contributed by atoms with E-state index in [0.29, 0.717) is 13.2 Å². The number of hydrogen-bond acceptors (Lipinski definition) is 2. The van der Waals surface area contributed by atoms with Crippen molar-refractivity contribution in [1.82, 2.24) is 4.57 Å². The number of fused-ring (bicyclic) bond motifs is 1. The third kappa shape index (κ3) is 2.10. The highest BCUT2D eigenvalue weighted by atomic mass is 16.5. The summed E-state index contributed by atoms with van der Waals surface area (Å²) >= 11 is 0. The Bertz CT molecular complexity index is 543. The summed E-state index contributed by atoms with van der Waals surface area (Å²) in [5, 5.41) is 1.23. The normalized spacial score (nSPS) is 11.1. The second-order valence-corrected chi connectivity index (χ2v) is 4.53. The second kappa shape index (κ2) is 5.44. The van der Waals surface area contributed by atoms with Crippen LogP contribution in [0.15, 0.2) is 18.2 Å². The molecule has 0 unspecified atom stereocenters. The summed E-state index contributed by atoms with van der Waals surface area (Å²) in [6.07, 6.45) is 1.13. The van der Waals surface area contributed by atoms with Crippen molar-refractivity contribution in [2.75, 3.05) is 6.61 Å². The van der Waals surface area contributed by atoms with E-state index in [1.165, 1.54) is 22.2 Å². The molecule has 18 heavy (non-hydrogen) atoms. The maximum absolute atomic E-state index is 5.90. The van der Waals surface area contributed by atoms with Gasteiger partial charge in [0.05, 0.1) is 6.61 Å². The van der Waals surface area contributed by atoms with Crippen LogP contribution in [0.3, 0.4) is 0 Å². The van der Waals surface area contributed by atoms with Crippen molar-refractivity contribution in [2.45, 2.75) is 40.3 Å². The monoisotopic (exact) mass is 246 g/mol. The largest absolute Gasteiger partial charge is 0.494 e. The molecule has 1 heterocycles. The Labute approximate surface area is 109 Å². The van der Waals surface area contributed by atoms with Gasteiger partial charge in [0.1, 0.15) is 5.75 Å². The lowest BCUT2D eigenvalue weighted by Gasteiger charge is -2.07. The van der Waals surface area contributed by atoms with Gasteiger partial charge >= 0.3 is 0 Å². The first-order valence-corrected chi connectivity index (χ1v) is 6.67. The SMILES string of the molecule is CCCn1c(C)c(CN)c2cc(OCC)ccc21. The van der Waals surface area contributed by atoms with Gasteiger partial charge in [-0.1, -0.05) is 6.92 Å². The Hall–Kier alpha value is -1.48. The van der Waals surface area contributed by atoms with Gasteiger partial charge < -0.3 is 15.0 Å². The van der Waals surface area contributed by atoms with Gasteiger partial charge in [-0.05, 0) is 44.0 Å². The van der Waals surface area contributed by atoms with Crippen molar-refractivity contribution >= 4 is 10.9 Å². The van der Waals surface area contributed by atoms with E-state index in [4.69, 9.17) is 10.5 Å². The minimum absolute atomic E-state index is 0.578. The molecule has 2 aromatic rings. The van der Waals surface area contributed by atoms with E-state index in [-0.39, 0.29) is 0 Å². The molecule has 0 aliphatic heterocycles. The van der Waals surface area contributed by atoms with Gasteiger partial charge in [0.25, 0.3) is 0 Å². The first kappa shape index (κ1) is 13.0. The molecule has 0 atom stereocenters.